The lowest BCUT2D eigenvalue weighted by Crippen LogP contribution is -2.40. The van der Waals surface area contributed by atoms with E-state index in [-0.39, 0.29) is 54.3 Å². The monoisotopic (exact) mass is 1450 g/mol. The summed E-state index contributed by atoms with van der Waals surface area (Å²) in [6, 6.07) is 52.9. The molecule has 18 nitrogen and oxygen atoms in total. The van der Waals surface area contributed by atoms with Gasteiger partial charge in [-0.15, -0.1) is 0 Å². The normalized spacial score (nSPS) is 12.5. The minimum Gasteiger partial charge on any atom is -0.378 e. The van der Waals surface area contributed by atoms with Gasteiger partial charge in [-0.3, -0.25) is 39.6 Å². The highest BCUT2D eigenvalue weighted by Crippen LogP contribution is 2.23. The molecule has 11 rings (SSSR count). The molecule has 0 atom stereocenters. The molecule has 2 aliphatic heterocycles. The minimum atomic E-state index is -0.317. The Hall–Kier alpha value is -9.80. The van der Waals surface area contributed by atoms with E-state index in [2.05, 4.69) is 83.6 Å². The first kappa shape index (κ1) is 68.6. The maximum Gasteiger partial charge on any atom is 0.257 e. The number of aromatic nitrogens is 3. The van der Waals surface area contributed by atoms with Crippen LogP contribution in [0.2, 0.25) is 0 Å². The molecule has 3 aromatic heterocycles. The number of carbonyl (C=O) groups is 6. The van der Waals surface area contributed by atoms with E-state index in [1.165, 1.54) is 6.42 Å². The van der Waals surface area contributed by atoms with Gasteiger partial charge in [-0.1, -0.05) is 127 Å². The summed E-state index contributed by atoms with van der Waals surface area (Å²) >= 11 is 9.95. The topological polar surface area (TPSA) is 264 Å². The predicted octanol–water partition coefficient (Wildman–Crippen LogP) is 14.4. The van der Waals surface area contributed by atoms with Crippen LogP contribution in [0, 0.1) is 16.2 Å². The van der Waals surface area contributed by atoms with Crippen molar-refractivity contribution < 1.29 is 33.5 Å². The van der Waals surface area contributed by atoms with Gasteiger partial charge in [0.15, 0.2) is 17.3 Å². The van der Waals surface area contributed by atoms with Crippen LogP contribution in [-0.2, 0) is 24.0 Å². The molecule has 9 aromatic rings. The number of Topliss-reactive ketones (excluding diaryl/α,β-unsaturated/α-hetero) is 3. The van der Waals surface area contributed by atoms with Crippen molar-refractivity contribution in [3.05, 3.63) is 281 Å². The van der Waals surface area contributed by atoms with E-state index >= 15 is 0 Å². The van der Waals surface area contributed by atoms with Crippen molar-refractivity contribution in [3.8, 4) is 0 Å². The molecule has 476 valence electrons. The number of ketones is 3. The van der Waals surface area contributed by atoms with Crippen LogP contribution < -0.4 is 16.0 Å². The third kappa shape index (κ3) is 19.4. The van der Waals surface area contributed by atoms with Gasteiger partial charge in [-0.05, 0) is 151 Å². The number of nitrogens with one attached hydrogen (secondary N) is 6. The Balaban J connectivity index is 0.000000167. The third-order valence-electron chi connectivity index (χ3n) is 15.3. The first-order valence-electron chi connectivity index (χ1n) is 30.2. The highest BCUT2D eigenvalue weighted by atomic mass is 79.9. The van der Waals surface area contributed by atoms with Crippen molar-refractivity contribution in [1.82, 2.24) is 24.8 Å². The van der Waals surface area contributed by atoms with Gasteiger partial charge in [0.2, 0.25) is 0 Å². The van der Waals surface area contributed by atoms with Crippen LogP contribution in [0.1, 0.15) is 122 Å². The number of amidine groups is 2. The average molecular weight is 1450 g/mol. The van der Waals surface area contributed by atoms with Gasteiger partial charge < -0.3 is 35.9 Å². The molecular formula is C73H66Br3N11O7. The highest BCUT2D eigenvalue weighted by Gasteiger charge is 2.22. The van der Waals surface area contributed by atoms with Gasteiger partial charge in [0.05, 0.1) is 13.2 Å². The summed E-state index contributed by atoms with van der Waals surface area (Å²) in [7, 11) is 0. The fourth-order valence-electron chi connectivity index (χ4n) is 10.2. The maximum atomic E-state index is 13.0. The first-order chi connectivity index (χ1) is 45.5. The number of benzene rings is 6. The van der Waals surface area contributed by atoms with Crippen LogP contribution in [0.4, 0.5) is 17.5 Å². The number of pyridine rings is 3. The zero-order valence-electron chi connectivity index (χ0n) is 51.3. The fourth-order valence-corrected chi connectivity index (χ4v) is 10.9. The molecule has 5 heterocycles. The SMILES string of the molecule is CC(=N)c1ccc(C(=O)Cc2ccccc2C(=O)Nc2ccc(Br)cn2)cc1.N=C(c1ccc(C(=O)Cc2ccccc2C(=O)Nc2ccc(Br)cn2)cc1)N1CCCCC1.N=C(c1ccc(C(=O)Cc2ccccc2C(=O)Nc2ccc(Br)cn2)cc1)N1CCOCC1. The molecule has 21 heteroatoms. The van der Waals surface area contributed by atoms with Gasteiger partial charge in [0.1, 0.15) is 29.1 Å². The number of hydrogen-bond donors (Lipinski definition) is 6. The second-order valence-corrected chi connectivity index (χ2v) is 24.7. The van der Waals surface area contributed by atoms with E-state index in [4.69, 9.17) is 21.0 Å². The van der Waals surface area contributed by atoms with Gasteiger partial charge >= 0.3 is 0 Å². The van der Waals surface area contributed by atoms with Crippen molar-refractivity contribution in [2.45, 2.75) is 45.4 Å². The zero-order chi connectivity index (χ0) is 66.5. The Labute approximate surface area is 569 Å². The van der Waals surface area contributed by atoms with Crippen LogP contribution in [0.15, 0.2) is 214 Å². The molecule has 0 unspecified atom stereocenters. The number of likely N-dealkylation sites (tertiary alicyclic amines) is 1. The molecule has 0 bridgehead atoms. The summed E-state index contributed by atoms with van der Waals surface area (Å²) in [4.78, 5) is 93.4. The van der Waals surface area contributed by atoms with Gasteiger partial charge in [0, 0.05) is 128 Å². The highest BCUT2D eigenvalue weighted by molar-refractivity contribution is 9.11. The Bertz CT molecular complexity index is 4010. The van der Waals surface area contributed by atoms with E-state index in [0.29, 0.717) is 111 Å². The molecule has 2 aliphatic rings. The summed E-state index contributed by atoms with van der Waals surface area (Å²) in [5, 5.41) is 32.8. The molecule has 0 radical (unpaired) electrons. The summed E-state index contributed by atoms with van der Waals surface area (Å²) < 4.78 is 7.80. The molecular weight excluding hydrogens is 1380 g/mol. The number of morpholine rings is 1. The Morgan fingerprint density at radius 3 is 1.00 bits per heavy atom. The second kappa shape index (κ2) is 33.7. The van der Waals surface area contributed by atoms with E-state index in [9.17, 15) is 28.8 Å². The van der Waals surface area contributed by atoms with Crippen LogP contribution in [-0.4, -0.2) is 117 Å². The molecule has 3 amide bonds. The van der Waals surface area contributed by atoms with Crippen molar-refractivity contribution >= 4 is 118 Å². The fraction of sp³-hybridized carbons (Fsp3) is 0.178. The van der Waals surface area contributed by atoms with Gasteiger partial charge in [-0.2, -0.15) is 0 Å². The average Bonchev–Trinajstić information content (AvgIpc) is 1.06. The van der Waals surface area contributed by atoms with E-state index in [0.717, 1.165) is 56.0 Å². The molecule has 6 aromatic carbocycles. The molecule has 2 fully saturated rings. The lowest BCUT2D eigenvalue weighted by atomic mass is 9.97. The number of amides is 3. The molecule has 0 aliphatic carbocycles. The Morgan fingerprint density at radius 2 is 0.691 bits per heavy atom. The smallest absolute Gasteiger partial charge is 0.257 e. The third-order valence-corrected chi connectivity index (χ3v) is 16.8. The quantitative estimate of drug-likeness (QED) is 0.0266. The lowest BCUT2D eigenvalue weighted by Gasteiger charge is -2.29. The number of nitrogens with zero attached hydrogens (tertiary/aromatic N) is 5. The summed E-state index contributed by atoms with van der Waals surface area (Å²) in [5.74, 6) is 1.06. The van der Waals surface area contributed by atoms with Crippen molar-refractivity contribution in [2.24, 2.45) is 0 Å². The van der Waals surface area contributed by atoms with Gasteiger partial charge in [0.25, 0.3) is 17.7 Å². The number of carbonyl (C=O) groups excluding carboxylic acids is 6. The van der Waals surface area contributed by atoms with Gasteiger partial charge in [-0.25, -0.2) is 15.0 Å². The number of halogens is 3. The van der Waals surface area contributed by atoms with E-state index in [1.807, 2.05) is 29.2 Å². The standard InChI is InChI=1S/C26H25BrN4O2.C25H23BrN4O3.C22H18BrN3O2/c27-21-12-13-24(29-17-21)30-26(33)22-7-3-2-6-20(22)16-23(32)18-8-10-19(11-9-18)25(28)31-14-4-1-5-15-31;26-20-9-10-23(28-16-20)29-25(32)21-4-2-1-3-19(21)15-22(31)17-5-7-18(8-6-17)24(27)30-11-13-33-14-12-30;1-14(24)15-6-8-16(9-7-15)20(27)12-17-4-2-3-5-19(17)22(28)26-21-11-10-18(23)13-25-21/h2-3,6-13,17,28H,1,4-5,14-16H2,(H,29,30,33);1-10,16,27H,11-15H2,(H,28,29,32);2-11,13,24H,12H2,1H3,(H,25,26,28). The van der Waals surface area contributed by atoms with Crippen molar-refractivity contribution in [2.75, 3.05) is 55.3 Å². The van der Waals surface area contributed by atoms with E-state index < -0.39 is 0 Å². The molecule has 6 N–H and O–H groups in total. The predicted molar refractivity (Wildman–Crippen MR) is 376 cm³/mol. The summed E-state index contributed by atoms with van der Waals surface area (Å²) in [6.45, 7) is 6.13. The number of rotatable bonds is 18. The molecule has 0 spiro atoms. The van der Waals surface area contributed by atoms with Crippen LogP contribution in [0.5, 0.6) is 0 Å². The zero-order valence-corrected chi connectivity index (χ0v) is 56.0. The molecule has 2 saturated heterocycles. The Morgan fingerprint density at radius 1 is 0.394 bits per heavy atom. The maximum absolute atomic E-state index is 13.0. The summed E-state index contributed by atoms with van der Waals surface area (Å²) in [5.41, 5.74) is 7.71. The minimum absolute atomic E-state index is 0.0759. The Kier molecular flexibility index (Phi) is 24.6. The van der Waals surface area contributed by atoms with Crippen molar-refractivity contribution in [1.29, 1.82) is 16.2 Å². The van der Waals surface area contributed by atoms with E-state index in [1.54, 1.807) is 183 Å². The molecule has 94 heavy (non-hydrogen) atoms. The largest absolute Gasteiger partial charge is 0.378 e. The van der Waals surface area contributed by atoms with Crippen LogP contribution in [0.3, 0.4) is 0 Å². The first-order valence-corrected chi connectivity index (χ1v) is 32.6. The lowest BCUT2D eigenvalue weighted by molar-refractivity contribution is 0.0680. The van der Waals surface area contributed by atoms with Crippen molar-refractivity contribution in [3.63, 3.8) is 0 Å². The second-order valence-electron chi connectivity index (χ2n) is 21.9. The van der Waals surface area contributed by atoms with Crippen LogP contribution in [0.25, 0.3) is 0 Å². The van der Waals surface area contributed by atoms with Crippen LogP contribution >= 0.6 is 47.8 Å². The number of piperidine rings is 1. The molecule has 0 saturated carbocycles. The number of hydrogen-bond acceptors (Lipinski definition) is 13. The summed E-state index contributed by atoms with van der Waals surface area (Å²) in [6.07, 6.45) is 8.58. The number of ether oxygens (including phenoxy) is 1. The number of anilines is 3.